The van der Waals surface area contributed by atoms with E-state index < -0.39 is 11.7 Å². The van der Waals surface area contributed by atoms with Gasteiger partial charge in [0.15, 0.2) is 6.61 Å². The number of benzene rings is 1. The molecule has 3 amide bonds. The van der Waals surface area contributed by atoms with E-state index >= 15 is 0 Å². The van der Waals surface area contributed by atoms with Crippen molar-refractivity contribution in [2.75, 3.05) is 41.9 Å². The Morgan fingerprint density at radius 1 is 1.33 bits per heavy atom. The number of nitrogens with one attached hydrogen (secondary N) is 2. The minimum absolute atomic E-state index is 0.0125. The number of rotatable bonds is 6. The molecule has 0 aromatic heterocycles. The second-order valence-corrected chi connectivity index (χ2v) is 8.06. The van der Waals surface area contributed by atoms with Gasteiger partial charge in [-0.25, -0.2) is 4.79 Å². The predicted molar refractivity (Wildman–Crippen MR) is 106 cm³/mol. The standard InChI is InChI=1S/C18H25N3O5S/c1-18(2,3)26-17(24)19-7-8-27-11-15(22)20-12-5-6-13-14(9-12)25-10-16(23)21(13)4/h5-6,9H,7-8,10-11H2,1-4H3,(H,19,24)(H,20,22). The van der Waals surface area contributed by atoms with Crippen molar-refractivity contribution < 1.29 is 23.9 Å². The molecular weight excluding hydrogens is 370 g/mol. The van der Waals surface area contributed by atoms with Crippen molar-refractivity contribution in [2.45, 2.75) is 26.4 Å². The van der Waals surface area contributed by atoms with Gasteiger partial charge in [-0.05, 0) is 32.9 Å². The summed E-state index contributed by atoms with van der Waals surface area (Å²) in [4.78, 5) is 36.7. The van der Waals surface area contributed by atoms with Gasteiger partial charge in [0.2, 0.25) is 5.91 Å². The van der Waals surface area contributed by atoms with Gasteiger partial charge in [0, 0.05) is 31.1 Å². The summed E-state index contributed by atoms with van der Waals surface area (Å²) in [6, 6.07) is 5.16. The zero-order chi connectivity index (χ0) is 20.0. The molecular formula is C18H25N3O5S. The SMILES string of the molecule is CN1C(=O)COc2cc(NC(=O)CSCCNC(=O)OC(C)(C)C)ccc21. The minimum Gasteiger partial charge on any atom is -0.481 e. The molecule has 0 saturated heterocycles. The Hall–Kier alpha value is -2.42. The Morgan fingerprint density at radius 3 is 2.78 bits per heavy atom. The van der Waals surface area contributed by atoms with Crippen LogP contribution in [0.3, 0.4) is 0 Å². The fraction of sp³-hybridized carbons (Fsp3) is 0.500. The molecule has 0 atom stereocenters. The van der Waals surface area contributed by atoms with Crippen molar-refractivity contribution >= 4 is 41.0 Å². The lowest BCUT2D eigenvalue weighted by Crippen LogP contribution is -2.35. The van der Waals surface area contributed by atoms with Gasteiger partial charge in [-0.2, -0.15) is 11.8 Å². The maximum atomic E-state index is 12.0. The second-order valence-electron chi connectivity index (χ2n) is 6.95. The molecule has 27 heavy (non-hydrogen) atoms. The second kappa shape index (κ2) is 8.98. The summed E-state index contributed by atoms with van der Waals surface area (Å²) in [7, 11) is 1.68. The fourth-order valence-electron chi connectivity index (χ4n) is 2.26. The summed E-state index contributed by atoms with van der Waals surface area (Å²) < 4.78 is 10.5. The molecule has 148 valence electrons. The van der Waals surface area contributed by atoms with Crippen LogP contribution in [0.5, 0.6) is 5.75 Å². The number of fused-ring (bicyclic) bond motifs is 1. The van der Waals surface area contributed by atoms with Gasteiger partial charge in [-0.1, -0.05) is 0 Å². The third-order valence-electron chi connectivity index (χ3n) is 3.48. The van der Waals surface area contributed by atoms with E-state index in [0.717, 1.165) is 0 Å². The zero-order valence-electron chi connectivity index (χ0n) is 16.0. The molecule has 2 N–H and O–H groups in total. The molecule has 1 aromatic rings. The number of hydrogen-bond acceptors (Lipinski definition) is 6. The highest BCUT2D eigenvalue weighted by atomic mass is 32.2. The first kappa shape index (κ1) is 20.9. The fourth-order valence-corrected chi connectivity index (χ4v) is 2.90. The summed E-state index contributed by atoms with van der Waals surface area (Å²) in [5.74, 6) is 1.14. The lowest BCUT2D eigenvalue weighted by atomic mass is 10.2. The number of ether oxygens (including phenoxy) is 2. The van der Waals surface area contributed by atoms with Crippen molar-refractivity contribution in [3.8, 4) is 5.75 Å². The van der Waals surface area contributed by atoms with E-state index in [-0.39, 0.29) is 24.2 Å². The Bertz CT molecular complexity index is 717. The Kier molecular flexibility index (Phi) is 6.95. The van der Waals surface area contributed by atoms with Gasteiger partial charge < -0.3 is 25.0 Å². The minimum atomic E-state index is -0.530. The molecule has 0 saturated carbocycles. The number of nitrogens with zero attached hydrogens (tertiary/aromatic N) is 1. The lowest BCUT2D eigenvalue weighted by Gasteiger charge is -2.26. The number of hydrogen-bond donors (Lipinski definition) is 2. The molecule has 0 unspecified atom stereocenters. The van der Waals surface area contributed by atoms with Crippen molar-refractivity contribution in [2.24, 2.45) is 0 Å². The van der Waals surface area contributed by atoms with Gasteiger partial charge in [0.05, 0.1) is 11.4 Å². The largest absolute Gasteiger partial charge is 0.481 e. The Balaban J connectivity index is 1.71. The molecule has 9 heteroatoms. The van der Waals surface area contributed by atoms with Crippen LogP contribution >= 0.6 is 11.8 Å². The first-order chi connectivity index (χ1) is 12.7. The van der Waals surface area contributed by atoms with Gasteiger partial charge in [0.1, 0.15) is 11.4 Å². The topological polar surface area (TPSA) is 97.0 Å². The molecule has 0 spiro atoms. The monoisotopic (exact) mass is 395 g/mol. The number of anilines is 2. The van der Waals surface area contributed by atoms with E-state index in [1.807, 2.05) is 0 Å². The smallest absolute Gasteiger partial charge is 0.407 e. The van der Waals surface area contributed by atoms with Gasteiger partial charge in [-0.3, -0.25) is 9.59 Å². The molecule has 1 aliphatic heterocycles. The highest BCUT2D eigenvalue weighted by Crippen LogP contribution is 2.33. The molecule has 1 heterocycles. The highest BCUT2D eigenvalue weighted by Gasteiger charge is 2.22. The summed E-state index contributed by atoms with van der Waals surface area (Å²) in [5, 5.41) is 5.44. The maximum absolute atomic E-state index is 12.0. The van der Waals surface area contributed by atoms with Crippen LogP contribution in [-0.2, 0) is 14.3 Å². The molecule has 0 fully saturated rings. The van der Waals surface area contributed by atoms with Crippen LogP contribution in [0.25, 0.3) is 0 Å². The summed E-state index contributed by atoms with van der Waals surface area (Å²) in [6.07, 6.45) is -0.468. The van der Waals surface area contributed by atoms with Crippen LogP contribution in [0.1, 0.15) is 20.8 Å². The third-order valence-corrected chi connectivity index (χ3v) is 4.44. The number of carbonyl (C=O) groups is 3. The lowest BCUT2D eigenvalue weighted by molar-refractivity contribution is -0.121. The molecule has 0 bridgehead atoms. The van der Waals surface area contributed by atoms with Crippen LogP contribution in [0.15, 0.2) is 18.2 Å². The Morgan fingerprint density at radius 2 is 2.07 bits per heavy atom. The molecule has 1 aromatic carbocycles. The first-order valence-electron chi connectivity index (χ1n) is 8.53. The van der Waals surface area contributed by atoms with E-state index in [4.69, 9.17) is 9.47 Å². The van der Waals surface area contributed by atoms with E-state index in [0.29, 0.717) is 29.4 Å². The highest BCUT2D eigenvalue weighted by molar-refractivity contribution is 7.99. The number of thioether (sulfide) groups is 1. The third kappa shape index (κ3) is 6.67. The van der Waals surface area contributed by atoms with Crippen LogP contribution in [0.4, 0.5) is 16.2 Å². The molecule has 0 aliphatic carbocycles. The van der Waals surface area contributed by atoms with E-state index in [1.54, 1.807) is 46.0 Å². The van der Waals surface area contributed by atoms with E-state index in [9.17, 15) is 14.4 Å². The molecule has 8 nitrogen and oxygen atoms in total. The predicted octanol–water partition coefficient (Wildman–Crippen LogP) is 2.24. The first-order valence-corrected chi connectivity index (χ1v) is 9.69. The Labute approximate surface area is 162 Å². The van der Waals surface area contributed by atoms with Crippen molar-refractivity contribution in [3.05, 3.63) is 18.2 Å². The molecule has 2 rings (SSSR count). The molecule has 0 radical (unpaired) electrons. The number of amides is 3. The summed E-state index contributed by atoms with van der Waals surface area (Å²) in [6.45, 7) is 5.80. The normalized spacial score (nSPS) is 13.5. The van der Waals surface area contributed by atoms with Crippen LogP contribution in [0, 0.1) is 0 Å². The average Bonchev–Trinajstić information content (AvgIpc) is 2.56. The van der Waals surface area contributed by atoms with E-state index in [2.05, 4.69) is 10.6 Å². The van der Waals surface area contributed by atoms with Crippen LogP contribution in [0.2, 0.25) is 0 Å². The zero-order valence-corrected chi connectivity index (χ0v) is 16.8. The maximum Gasteiger partial charge on any atom is 0.407 e. The number of likely N-dealkylation sites (N-methyl/N-ethyl adjacent to an activating group) is 1. The van der Waals surface area contributed by atoms with Crippen molar-refractivity contribution in [3.63, 3.8) is 0 Å². The molecule has 1 aliphatic rings. The van der Waals surface area contributed by atoms with Gasteiger partial charge in [0.25, 0.3) is 5.91 Å². The van der Waals surface area contributed by atoms with Gasteiger partial charge >= 0.3 is 6.09 Å². The van der Waals surface area contributed by atoms with Crippen LogP contribution < -0.4 is 20.3 Å². The van der Waals surface area contributed by atoms with Crippen molar-refractivity contribution in [1.29, 1.82) is 0 Å². The quantitative estimate of drug-likeness (QED) is 0.717. The number of alkyl carbamates (subject to hydrolysis) is 1. The van der Waals surface area contributed by atoms with Crippen molar-refractivity contribution in [1.82, 2.24) is 5.32 Å². The number of carbonyl (C=O) groups excluding carboxylic acids is 3. The van der Waals surface area contributed by atoms with Gasteiger partial charge in [-0.15, -0.1) is 0 Å². The summed E-state index contributed by atoms with van der Waals surface area (Å²) >= 11 is 1.40. The van der Waals surface area contributed by atoms with E-state index in [1.165, 1.54) is 16.7 Å². The summed E-state index contributed by atoms with van der Waals surface area (Å²) in [5.41, 5.74) is 0.749. The van der Waals surface area contributed by atoms with Crippen LogP contribution in [-0.4, -0.2) is 55.2 Å². The average molecular weight is 395 g/mol.